The molecule has 84 valence electrons. The molecule has 0 heterocycles. The van der Waals surface area contributed by atoms with Crippen molar-refractivity contribution in [1.29, 1.82) is 0 Å². The first-order valence-electron chi connectivity index (χ1n) is 6.04. The molecular weight excluding hydrogens is 238 g/mol. The van der Waals surface area contributed by atoms with Crippen LogP contribution in [0.5, 0.6) is 0 Å². The summed E-state index contributed by atoms with van der Waals surface area (Å²) in [6.45, 7) is 8.24. The van der Waals surface area contributed by atoms with Crippen molar-refractivity contribution in [1.82, 2.24) is 4.90 Å². The highest BCUT2D eigenvalue weighted by Crippen LogP contribution is 2.38. The molecule has 0 N–H and O–H groups in total. The van der Waals surface area contributed by atoms with Crippen molar-refractivity contribution in [3.8, 4) is 0 Å². The van der Waals surface area contributed by atoms with E-state index in [4.69, 9.17) is 0 Å². The summed E-state index contributed by atoms with van der Waals surface area (Å²) < 4.78 is 0. The zero-order chi connectivity index (χ0) is 10.4. The van der Waals surface area contributed by atoms with Crippen LogP contribution in [0.1, 0.15) is 46.0 Å². The molecule has 1 aliphatic carbocycles. The first kappa shape index (κ1) is 12.5. The Morgan fingerprint density at radius 1 is 1.07 bits per heavy atom. The Balaban J connectivity index is 2.50. The van der Waals surface area contributed by atoms with E-state index < -0.39 is 0 Å². The molecule has 0 bridgehead atoms. The molecule has 0 aromatic heterocycles. The molecule has 0 aromatic rings. The van der Waals surface area contributed by atoms with Gasteiger partial charge in [0.2, 0.25) is 0 Å². The highest BCUT2D eigenvalue weighted by molar-refractivity contribution is 9.09. The Morgan fingerprint density at radius 2 is 1.64 bits per heavy atom. The van der Waals surface area contributed by atoms with E-state index in [0.29, 0.717) is 5.41 Å². The van der Waals surface area contributed by atoms with Crippen LogP contribution < -0.4 is 0 Å². The Morgan fingerprint density at radius 3 is 2.07 bits per heavy atom. The van der Waals surface area contributed by atoms with Gasteiger partial charge < -0.3 is 4.90 Å². The maximum Gasteiger partial charge on any atom is 0.0100 e. The molecule has 1 nitrogen and oxygen atoms in total. The van der Waals surface area contributed by atoms with Crippen LogP contribution in [0.2, 0.25) is 0 Å². The summed E-state index contributed by atoms with van der Waals surface area (Å²) in [5.74, 6) is 0. The highest BCUT2D eigenvalue weighted by atomic mass is 79.9. The van der Waals surface area contributed by atoms with E-state index in [2.05, 4.69) is 34.7 Å². The van der Waals surface area contributed by atoms with Crippen molar-refractivity contribution in [2.24, 2.45) is 5.41 Å². The fourth-order valence-electron chi connectivity index (χ4n) is 2.56. The Bertz CT molecular complexity index is 148. The van der Waals surface area contributed by atoms with E-state index in [1.54, 1.807) is 0 Å². The average molecular weight is 262 g/mol. The quantitative estimate of drug-likeness (QED) is 0.683. The van der Waals surface area contributed by atoms with Gasteiger partial charge in [-0.05, 0) is 31.3 Å². The number of rotatable bonds is 5. The molecule has 0 atom stereocenters. The third kappa shape index (κ3) is 3.23. The normalized spacial score (nSPS) is 21.4. The van der Waals surface area contributed by atoms with Gasteiger partial charge in [0, 0.05) is 11.9 Å². The van der Waals surface area contributed by atoms with Gasteiger partial charge >= 0.3 is 0 Å². The molecule has 0 aliphatic heterocycles. The molecule has 0 aromatic carbocycles. The van der Waals surface area contributed by atoms with Crippen LogP contribution in [0.3, 0.4) is 0 Å². The fourth-order valence-corrected chi connectivity index (χ4v) is 3.30. The van der Waals surface area contributed by atoms with Gasteiger partial charge in [-0.25, -0.2) is 0 Å². The zero-order valence-corrected chi connectivity index (χ0v) is 11.3. The highest BCUT2D eigenvalue weighted by Gasteiger charge is 2.32. The van der Waals surface area contributed by atoms with Gasteiger partial charge in [-0.15, -0.1) is 0 Å². The minimum atomic E-state index is 0.588. The lowest BCUT2D eigenvalue weighted by atomic mass is 9.75. The van der Waals surface area contributed by atoms with Crippen LogP contribution in [0, 0.1) is 5.41 Å². The van der Waals surface area contributed by atoms with Gasteiger partial charge in [-0.3, -0.25) is 0 Å². The number of nitrogens with zero attached hydrogens (tertiary/aromatic N) is 1. The lowest BCUT2D eigenvalue weighted by molar-refractivity contribution is 0.135. The minimum Gasteiger partial charge on any atom is -0.303 e. The van der Waals surface area contributed by atoms with E-state index in [0.717, 1.165) is 0 Å². The first-order valence-corrected chi connectivity index (χ1v) is 7.17. The van der Waals surface area contributed by atoms with Gasteiger partial charge in [-0.1, -0.05) is 49.0 Å². The third-order valence-electron chi connectivity index (χ3n) is 3.65. The predicted molar refractivity (Wildman–Crippen MR) is 67.1 cm³/mol. The lowest BCUT2D eigenvalue weighted by Gasteiger charge is -2.39. The van der Waals surface area contributed by atoms with Crippen LogP contribution in [0.4, 0.5) is 0 Å². The van der Waals surface area contributed by atoms with Gasteiger partial charge in [0.25, 0.3) is 0 Å². The van der Waals surface area contributed by atoms with Crippen molar-refractivity contribution < 1.29 is 0 Å². The van der Waals surface area contributed by atoms with Gasteiger partial charge in [0.1, 0.15) is 0 Å². The molecule has 0 radical (unpaired) electrons. The largest absolute Gasteiger partial charge is 0.303 e. The lowest BCUT2D eigenvalue weighted by Crippen LogP contribution is -2.40. The van der Waals surface area contributed by atoms with Gasteiger partial charge in [-0.2, -0.15) is 0 Å². The zero-order valence-electron chi connectivity index (χ0n) is 9.69. The van der Waals surface area contributed by atoms with Crippen molar-refractivity contribution in [3.05, 3.63) is 0 Å². The average Bonchev–Trinajstić information content (AvgIpc) is 2.27. The maximum atomic E-state index is 3.73. The van der Waals surface area contributed by atoms with E-state index >= 15 is 0 Å². The molecule has 1 rings (SSSR count). The first-order chi connectivity index (χ1) is 6.76. The smallest absolute Gasteiger partial charge is 0.0100 e. The summed E-state index contributed by atoms with van der Waals surface area (Å²) >= 11 is 3.73. The summed E-state index contributed by atoms with van der Waals surface area (Å²) in [5, 5.41) is 1.19. The number of hydrogen-bond donors (Lipinski definition) is 0. The van der Waals surface area contributed by atoms with Gasteiger partial charge in [0.15, 0.2) is 0 Å². The summed E-state index contributed by atoms with van der Waals surface area (Å²) in [6, 6.07) is 0. The minimum absolute atomic E-state index is 0.588. The van der Waals surface area contributed by atoms with Gasteiger partial charge in [0.05, 0.1) is 0 Å². The molecule has 0 unspecified atom stereocenters. The second-order valence-electron chi connectivity index (χ2n) is 4.66. The van der Waals surface area contributed by atoms with Crippen LogP contribution in [0.25, 0.3) is 0 Å². The molecule has 1 saturated carbocycles. The van der Waals surface area contributed by atoms with Crippen LogP contribution in [-0.4, -0.2) is 29.9 Å². The SMILES string of the molecule is CCN(CC)CC1(CBr)CCCCC1. The Kier molecular flexibility index (Phi) is 5.47. The second-order valence-corrected chi connectivity index (χ2v) is 5.22. The third-order valence-corrected chi connectivity index (χ3v) is 4.84. The fraction of sp³-hybridized carbons (Fsp3) is 1.00. The monoisotopic (exact) mass is 261 g/mol. The topological polar surface area (TPSA) is 3.24 Å². The molecule has 0 amide bonds. The number of alkyl halides is 1. The summed E-state index contributed by atoms with van der Waals surface area (Å²) in [4.78, 5) is 2.58. The Labute approximate surface area is 97.4 Å². The van der Waals surface area contributed by atoms with Crippen LogP contribution in [-0.2, 0) is 0 Å². The van der Waals surface area contributed by atoms with Crippen molar-refractivity contribution in [2.45, 2.75) is 46.0 Å². The van der Waals surface area contributed by atoms with E-state index in [9.17, 15) is 0 Å². The van der Waals surface area contributed by atoms with E-state index in [1.165, 1.54) is 57.1 Å². The molecule has 2 heteroatoms. The molecule has 14 heavy (non-hydrogen) atoms. The molecule has 0 saturated heterocycles. The summed E-state index contributed by atoms with van der Waals surface area (Å²) in [5.41, 5.74) is 0.588. The second kappa shape index (κ2) is 6.12. The summed E-state index contributed by atoms with van der Waals surface area (Å²) in [7, 11) is 0. The molecule has 1 aliphatic rings. The predicted octanol–water partition coefficient (Wildman–Crippen LogP) is 3.67. The molecule has 0 spiro atoms. The van der Waals surface area contributed by atoms with E-state index in [-0.39, 0.29) is 0 Å². The standard InChI is InChI=1S/C12H24BrN/c1-3-14(4-2)11-12(10-13)8-6-5-7-9-12/h3-11H2,1-2H3. The Hall–Kier alpha value is 0.440. The van der Waals surface area contributed by atoms with Crippen molar-refractivity contribution in [3.63, 3.8) is 0 Å². The maximum absolute atomic E-state index is 3.73. The van der Waals surface area contributed by atoms with Crippen molar-refractivity contribution >= 4 is 15.9 Å². The van der Waals surface area contributed by atoms with Crippen molar-refractivity contribution in [2.75, 3.05) is 25.0 Å². The van der Waals surface area contributed by atoms with Crippen LogP contribution >= 0.6 is 15.9 Å². The molecule has 1 fully saturated rings. The van der Waals surface area contributed by atoms with Crippen LogP contribution in [0.15, 0.2) is 0 Å². The number of halogens is 1. The summed E-state index contributed by atoms with van der Waals surface area (Å²) in [6.07, 6.45) is 7.18. The number of hydrogen-bond acceptors (Lipinski definition) is 1. The van der Waals surface area contributed by atoms with E-state index in [1.807, 2.05) is 0 Å². The molecular formula is C12H24BrN.